The van der Waals surface area contributed by atoms with E-state index in [0.717, 1.165) is 42.4 Å². The van der Waals surface area contributed by atoms with Gasteiger partial charge in [0.2, 0.25) is 5.91 Å². The van der Waals surface area contributed by atoms with E-state index >= 15 is 0 Å². The number of nitrogens with two attached hydrogens (primary N) is 1. The van der Waals surface area contributed by atoms with Crippen LogP contribution in [0.2, 0.25) is 0 Å². The lowest BCUT2D eigenvalue weighted by molar-refractivity contribution is -0.122. The molecule has 0 spiro atoms. The number of nitrogens with one attached hydrogen (secondary N) is 1. The van der Waals surface area contributed by atoms with Gasteiger partial charge in [-0.15, -0.1) is 0 Å². The van der Waals surface area contributed by atoms with Crippen LogP contribution in [0.1, 0.15) is 32.6 Å². The van der Waals surface area contributed by atoms with Crippen molar-refractivity contribution in [2.45, 2.75) is 38.1 Å². The zero-order valence-electron chi connectivity index (χ0n) is 12.2. The lowest BCUT2D eigenvalue weighted by atomic mass is 9.74. The highest BCUT2D eigenvalue weighted by Gasteiger charge is 2.37. The van der Waals surface area contributed by atoms with Crippen LogP contribution in [0.15, 0.2) is 30.6 Å². The maximum atomic E-state index is 12.5. The first kappa shape index (κ1) is 13.9. The molecular weight excluding hydrogens is 264 g/mol. The molecule has 0 bridgehead atoms. The Labute approximate surface area is 124 Å². The first-order valence-electron chi connectivity index (χ1n) is 7.37. The van der Waals surface area contributed by atoms with Gasteiger partial charge in [0.05, 0.1) is 17.0 Å². The highest BCUT2D eigenvalue weighted by molar-refractivity contribution is 5.95. The van der Waals surface area contributed by atoms with Gasteiger partial charge in [0, 0.05) is 23.6 Å². The number of hydrogen-bond donors (Lipinski definition) is 2. The predicted octanol–water partition coefficient (Wildman–Crippen LogP) is 2.48. The van der Waals surface area contributed by atoms with E-state index < -0.39 is 5.54 Å². The highest BCUT2D eigenvalue weighted by atomic mass is 16.1. The van der Waals surface area contributed by atoms with Crippen molar-refractivity contribution in [2.24, 2.45) is 11.7 Å². The minimum atomic E-state index is -0.418. The van der Waals surface area contributed by atoms with Gasteiger partial charge >= 0.3 is 0 Å². The number of anilines is 1. The Kier molecular flexibility index (Phi) is 3.59. The summed E-state index contributed by atoms with van der Waals surface area (Å²) in [5.74, 6) is -0.133. The molecule has 1 heterocycles. The van der Waals surface area contributed by atoms with Crippen molar-refractivity contribution in [1.29, 1.82) is 0 Å². The van der Waals surface area contributed by atoms with Crippen LogP contribution in [0.3, 0.4) is 0 Å². The van der Waals surface area contributed by atoms with E-state index in [1.54, 1.807) is 12.4 Å². The first-order chi connectivity index (χ1) is 10.1. The lowest BCUT2D eigenvalue weighted by Crippen LogP contribution is -2.51. The van der Waals surface area contributed by atoms with Gasteiger partial charge in [0.1, 0.15) is 0 Å². The number of fused-ring (bicyclic) bond motifs is 1. The zero-order valence-corrected chi connectivity index (χ0v) is 12.2. The lowest BCUT2D eigenvalue weighted by Gasteiger charge is -2.37. The number of benzene rings is 1. The molecule has 5 nitrogen and oxygen atoms in total. The molecule has 1 saturated carbocycles. The third-order valence-corrected chi connectivity index (χ3v) is 4.31. The molecule has 2 unspecified atom stereocenters. The van der Waals surface area contributed by atoms with Gasteiger partial charge in [-0.05, 0) is 38.0 Å². The Balaban J connectivity index is 1.79. The van der Waals surface area contributed by atoms with E-state index in [9.17, 15) is 4.79 Å². The zero-order chi connectivity index (χ0) is 14.9. The molecule has 1 fully saturated rings. The third kappa shape index (κ3) is 2.88. The van der Waals surface area contributed by atoms with Crippen LogP contribution in [-0.4, -0.2) is 21.4 Å². The maximum Gasteiger partial charge on any atom is 0.229 e. The van der Waals surface area contributed by atoms with Crippen molar-refractivity contribution in [3.8, 4) is 0 Å². The standard InChI is InChI=1S/C16H20N4O/c1-16(17)7-3-2-4-12(16)15(21)20-11-5-6-13-14(10-11)19-9-8-18-13/h5-6,8-10,12H,2-4,7,17H2,1H3,(H,20,21). The monoisotopic (exact) mass is 284 g/mol. The second-order valence-electron chi connectivity index (χ2n) is 6.05. The summed E-state index contributed by atoms with van der Waals surface area (Å²) in [5, 5.41) is 2.97. The van der Waals surface area contributed by atoms with Crippen molar-refractivity contribution in [3.05, 3.63) is 30.6 Å². The van der Waals surface area contributed by atoms with Crippen molar-refractivity contribution in [1.82, 2.24) is 9.97 Å². The number of amides is 1. The van der Waals surface area contributed by atoms with E-state index in [0.29, 0.717) is 0 Å². The van der Waals surface area contributed by atoms with Crippen LogP contribution < -0.4 is 11.1 Å². The topological polar surface area (TPSA) is 80.9 Å². The molecule has 0 radical (unpaired) electrons. The molecule has 1 amide bonds. The van der Waals surface area contributed by atoms with Gasteiger partial charge < -0.3 is 11.1 Å². The second kappa shape index (κ2) is 5.41. The van der Waals surface area contributed by atoms with Crippen molar-refractivity contribution in [3.63, 3.8) is 0 Å². The molecule has 5 heteroatoms. The Bertz CT molecular complexity index is 668. The Morgan fingerprint density at radius 1 is 1.29 bits per heavy atom. The van der Waals surface area contributed by atoms with Gasteiger partial charge in [-0.2, -0.15) is 0 Å². The molecule has 1 aliphatic carbocycles. The molecule has 3 N–H and O–H groups in total. The van der Waals surface area contributed by atoms with Gasteiger partial charge in [-0.25, -0.2) is 0 Å². The maximum absolute atomic E-state index is 12.5. The Morgan fingerprint density at radius 2 is 2.05 bits per heavy atom. The second-order valence-corrected chi connectivity index (χ2v) is 6.05. The summed E-state index contributed by atoms with van der Waals surface area (Å²) in [4.78, 5) is 21.0. The van der Waals surface area contributed by atoms with Crippen LogP contribution >= 0.6 is 0 Å². The molecule has 21 heavy (non-hydrogen) atoms. The fourth-order valence-corrected chi connectivity index (χ4v) is 3.06. The van der Waals surface area contributed by atoms with Crippen LogP contribution in [0, 0.1) is 5.92 Å². The van der Waals surface area contributed by atoms with Crippen molar-refractivity contribution >= 4 is 22.6 Å². The molecule has 3 rings (SSSR count). The molecule has 1 aromatic heterocycles. The number of hydrogen-bond acceptors (Lipinski definition) is 4. The SMILES string of the molecule is CC1(N)CCCCC1C(=O)Nc1ccc2nccnc2c1. The fraction of sp³-hybridized carbons (Fsp3) is 0.438. The molecule has 2 aromatic rings. The van der Waals surface area contributed by atoms with Gasteiger partial charge in [-0.1, -0.05) is 12.8 Å². The summed E-state index contributed by atoms with van der Waals surface area (Å²) >= 11 is 0. The number of nitrogens with zero attached hydrogens (tertiary/aromatic N) is 2. The molecule has 2 atom stereocenters. The first-order valence-corrected chi connectivity index (χ1v) is 7.37. The normalized spacial score (nSPS) is 25.7. The van der Waals surface area contributed by atoms with Crippen molar-refractivity contribution in [2.75, 3.05) is 5.32 Å². The minimum Gasteiger partial charge on any atom is -0.326 e. The highest BCUT2D eigenvalue weighted by Crippen LogP contribution is 2.32. The third-order valence-electron chi connectivity index (χ3n) is 4.31. The van der Waals surface area contributed by atoms with Crippen molar-refractivity contribution < 1.29 is 4.79 Å². The molecule has 110 valence electrons. The smallest absolute Gasteiger partial charge is 0.229 e. The number of carbonyl (C=O) groups is 1. The molecule has 1 aromatic carbocycles. The summed E-state index contributed by atoms with van der Waals surface area (Å²) in [6, 6.07) is 5.56. The molecule has 1 aliphatic rings. The van der Waals surface area contributed by atoms with Gasteiger partial charge in [-0.3, -0.25) is 14.8 Å². The van der Waals surface area contributed by atoms with E-state index in [4.69, 9.17) is 5.73 Å². The largest absolute Gasteiger partial charge is 0.326 e. The number of carbonyl (C=O) groups excluding carboxylic acids is 1. The van der Waals surface area contributed by atoms with Gasteiger partial charge in [0.15, 0.2) is 0 Å². The summed E-state index contributed by atoms with van der Waals surface area (Å²) in [7, 11) is 0. The van der Waals surface area contributed by atoms with E-state index in [-0.39, 0.29) is 11.8 Å². The number of aromatic nitrogens is 2. The van der Waals surface area contributed by atoms with Crippen LogP contribution in [0.4, 0.5) is 5.69 Å². The van der Waals surface area contributed by atoms with Gasteiger partial charge in [0.25, 0.3) is 0 Å². The average molecular weight is 284 g/mol. The van der Waals surface area contributed by atoms with E-state index in [1.807, 2.05) is 25.1 Å². The summed E-state index contributed by atoms with van der Waals surface area (Å²) in [6.07, 6.45) is 7.21. The Morgan fingerprint density at radius 3 is 2.81 bits per heavy atom. The van der Waals surface area contributed by atoms with Crippen LogP contribution in [0.25, 0.3) is 11.0 Å². The Hall–Kier alpha value is -2.01. The quantitative estimate of drug-likeness (QED) is 0.887. The van der Waals surface area contributed by atoms with Crippen LogP contribution in [-0.2, 0) is 4.79 Å². The van der Waals surface area contributed by atoms with Crippen LogP contribution in [0.5, 0.6) is 0 Å². The fourth-order valence-electron chi connectivity index (χ4n) is 3.06. The van der Waals surface area contributed by atoms with E-state index in [2.05, 4.69) is 15.3 Å². The summed E-state index contributed by atoms with van der Waals surface area (Å²) in [6.45, 7) is 1.97. The molecule has 0 aliphatic heterocycles. The minimum absolute atomic E-state index is 0.00272. The van der Waals surface area contributed by atoms with E-state index in [1.165, 1.54) is 0 Å². The summed E-state index contributed by atoms with van der Waals surface area (Å²) < 4.78 is 0. The molecular formula is C16H20N4O. The summed E-state index contributed by atoms with van der Waals surface area (Å²) in [5.41, 5.74) is 8.20. The number of rotatable bonds is 2. The molecule has 0 saturated heterocycles. The average Bonchev–Trinajstić information content (AvgIpc) is 2.46. The predicted molar refractivity (Wildman–Crippen MR) is 82.7 cm³/mol.